The van der Waals surface area contributed by atoms with Gasteiger partial charge in [-0.25, -0.2) is 0 Å². The van der Waals surface area contributed by atoms with Crippen molar-refractivity contribution in [1.82, 2.24) is 0 Å². The van der Waals surface area contributed by atoms with Gasteiger partial charge in [0.2, 0.25) is 6.29 Å². The molecule has 0 aliphatic rings. The van der Waals surface area contributed by atoms with Gasteiger partial charge in [0, 0.05) is 0 Å². The number of rotatable bonds is 10. The summed E-state index contributed by atoms with van der Waals surface area (Å²) in [5.74, 6) is 0. The molecule has 0 aliphatic heterocycles. The first-order valence-corrected chi connectivity index (χ1v) is 6.34. The van der Waals surface area contributed by atoms with Crippen LogP contribution < -0.4 is 0 Å². The van der Waals surface area contributed by atoms with Gasteiger partial charge in [0.15, 0.2) is 0 Å². The quantitative estimate of drug-likeness (QED) is 0.380. The molecule has 0 saturated heterocycles. The van der Waals surface area contributed by atoms with Crippen molar-refractivity contribution in [3.05, 3.63) is 11.6 Å². The Kier molecular flexibility index (Phi) is 11.0. The molecule has 0 bridgehead atoms. The number of carbonyl (C=O) groups excluding carboxylic acids is 1. The summed E-state index contributed by atoms with van der Waals surface area (Å²) >= 11 is 0. The molecule has 1 nitrogen and oxygen atoms in total. The number of unbranched alkanes of at least 4 members (excludes halogenated alkanes) is 7. The first-order chi connectivity index (χ1) is 7.31. The van der Waals surface area contributed by atoms with Gasteiger partial charge in [-0.3, -0.25) is 4.79 Å². The predicted octanol–water partition coefficient (Wildman–Crippen LogP) is 4.57. The molecule has 0 atom stereocenters. The summed E-state index contributed by atoms with van der Waals surface area (Å²) in [6.07, 6.45) is 15.2. The van der Waals surface area contributed by atoms with Gasteiger partial charge >= 0.3 is 0 Å². The largest absolute Gasteiger partial charge is 0.286 e. The average molecular weight is 209 g/mol. The van der Waals surface area contributed by atoms with Crippen molar-refractivity contribution < 1.29 is 4.79 Å². The highest BCUT2D eigenvalue weighted by molar-refractivity contribution is 5.66. The van der Waals surface area contributed by atoms with Crippen LogP contribution >= 0.6 is 0 Å². The molecule has 0 aliphatic carbocycles. The van der Waals surface area contributed by atoms with E-state index in [1.54, 1.807) is 6.08 Å². The zero-order valence-electron chi connectivity index (χ0n) is 10.3. The van der Waals surface area contributed by atoms with Crippen LogP contribution in [0, 0.1) is 0 Å². The molecule has 0 fully saturated rings. The maximum absolute atomic E-state index is 10.0. The Morgan fingerprint density at radius 1 is 1.00 bits per heavy atom. The second-order valence-corrected chi connectivity index (χ2v) is 4.33. The summed E-state index contributed by atoms with van der Waals surface area (Å²) in [4.78, 5) is 10.0. The highest BCUT2D eigenvalue weighted by Gasteiger charge is 1.93. The minimum atomic E-state index is 1.06. The van der Waals surface area contributed by atoms with Crippen molar-refractivity contribution in [3.8, 4) is 0 Å². The van der Waals surface area contributed by atoms with E-state index in [-0.39, 0.29) is 0 Å². The standard InChI is InChI=1S/C14H25O/c1-3-4-5-6-7-8-9-10-11-14(2)12-13-15/h12H,3-11H2,1-2H3. The fourth-order valence-corrected chi connectivity index (χ4v) is 1.71. The van der Waals surface area contributed by atoms with Crippen molar-refractivity contribution in [1.29, 1.82) is 0 Å². The normalized spacial score (nSPS) is 11.7. The SMILES string of the molecule is CCCCCCCCCCC(C)=C[C]=O. The van der Waals surface area contributed by atoms with Gasteiger partial charge in [0.05, 0.1) is 0 Å². The van der Waals surface area contributed by atoms with Gasteiger partial charge in [0.25, 0.3) is 0 Å². The van der Waals surface area contributed by atoms with E-state index in [1.165, 1.54) is 51.4 Å². The molecule has 87 valence electrons. The fourth-order valence-electron chi connectivity index (χ4n) is 1.71. The van der Waals surface area contributed by atoms with Gasteiger partial charge in [-0.1, -0.05) is 57.4 Å². The van der Waals surface area contributed by atoms with Crippen molar-refractivity contribution in [2.75, 3.05) is 0 Å². The van der Waals surface area contributed by atoms with E-state index in [9.17, 15) is 4.79 Å². The zero-order chi connectivity index (χ0) is 11.4. The predicted molar refractivity (Wildman–Crippen MR) is 66.7 cm³/mol. The lowest BCUT2D eigenvalue weighted by Gasteiger charge is -2.01. The van der Waals surface area contributed by atoms with Crippen LogP contribution in [-0.2, 0) is 4.79 Å². The summed E-state index contributed by atoms with van der Waals surface area (Å²) in [6.45, 7) is 4.26. The lowest BCUT2D eigenvalue weighted by Crippen LogP contribution is -1.82. The van der Waals surface area contributed by atoms with E-state index in [4.69, 9.17) is 0 Å². The Bertz CT molecular complexity index is 170. The third-order valence-corrected chi connectivity index (χ3v) is 2.73. The molecule has 0 N–H and O–H groups in total. The van der Waals surface area contributed by atoms with Crippen LogP contribution in [0.25, 0.3) is 0 Å². The van der Waals surface area contributed by atoms with Crippen molar-refractivity contribution >= 4 is 6.29 Å². The third kappa shape index (κ3) is 11.3. The molecular formula is C14H25O. The summed E-state index contributed by atoms with van der Waals surface area (Å²) in [5.41, 5.74) is 1.16. The Balaban J connectivity index is 3.11. The van der Waals surface area contributed by atoms with Crippen LogP contribution in [0.3, 0.4) is 0 Å². The maximum atomic E-state index is 10.0. The highest BCUT2D eigenvalue weighted by Crippen LogP contribution is 2.12. The van der Waals surface area contributed by atoms with Crippen LogP contribution in [-0.4, -0.2) is 6.29 Å². The monoisotopic (exact) mass is 209 g/mol. The van der Waals surface area contributed by atoms with E-state index in [0.29, 0.717) is 0 Å². The van der Waals surface area contributed by atoms with E-state index in [2.05, 4.69) is 6.92 Å². The fraction of sp³-hybridized carbons (Fsp3) is 0.786. The van der Waals surface area contributed by atoms with E-state index < -0.39 is 0 Å². The second-order valence-electron chi connectivity index (χ2n) is 4.33. The van der Waals surface area contributed by atoms with Crippen LogP contribution in [0.15, 0.2) is 11.6 Å². The highest BCUT2D eigenvalue weighted by atomic mass is 16.1. The van der Waals surface area contributed by atoms with Crippen molar-refractivity contribution in [2.45, 2.75) is 71.6 Å². The van der Waals surface area contributed by atoms with E-state index in [0.717, 1.165) is 12.0 Å². The number of allylic oxidation sites excluding steroid dienone is 2. The third-order valence-electron chi connectivity index (χ3n) is 2.73. The smallest absolute Gasteiger partial charge is 0.225 e. The van der Waals surface area contributed by atoms with Gasteiger partial charge in [-0.15, -0.1) is 0 Å². The molecule has 0 aromatic heterocycles. The zero-order valence-corrected chi connectivity index (χ0v) is 10.3. The van der Waals surface area contributed by atoms with Crippen molar-refractivity contribution in [2.24, 2.45) is 0 Å². The first-order valence-electron chi connectivity index (χ1n) is 6.34. The molecule has 0 aromatic rings. The molecule has 0 heterocycles. The first kappa shape index (κ1) is 14.4. The topological polar surface area (TPSA) is 17.1 Å². The average Bonchev–Trinajstić information content (AvgIpc) is 2.22. The van der Waals surface area contributed by atoms with E-state index >= 15 is 0 Å². The number of hydrogen-bond donors (Lipinski definition) is 0. The molecule has 0 spiro atoms. The summed E-state index contributed by atoms with van der Waals surface area (Å²) in [5, 5.41) is 0. The lowest BCUT2D eigenvalue weighted by atomic mass is 10.0. The molecule has 1 heteroatoms. The molecule has 0 unspecified atom stereocenters. The molecule has 0 amide bonds. The molecule has 15 heavy (non-hydrogen) atoms. The molecule has 1 radical (unpaired) electrons. The Morgan fingerprint density at radius 2 is 1.53 bits per heavy atom. The van der Waals surface area contributed by atoms with Crippen LogP contribution in [0.2, 0.25) is 0 Å². The molecular weight excluding hydrogens is 184 g/mol. The van der Waals surface area contributed by atoms with Gasteiger partial charge < -0.3 is 0 Å². The van der Waals surface area contributed by atoms with Crippen LogP contribution in [0.5, 0.6) is 0 Å². The minimum Gasteiger partial charge on any atom is -0.286 e. The van der Waals surface area contributed by atoms with Crippen LogP contribution in [0.1, 0.15) is 71.6 Å². The van der Waals surface area contributed by atoms with Gasteiger partial charge in [-0.2, -0.15) is 0 Å². The Morgan fingerprint density at radius 3 is 2.07 bits per heavy atom. The van der Waals surface area contributed by atoms with Gasteiger partial charge in [0.1, 0.15) is 0 Å². The second kappa shape index (κ2) is 11.5. The van der Waals surface area contributed by atoms with Gasteiger partial charge in [-0.05, 0) is 25.8 Å². The Labute approximate surface area is 95.0 Å². The summed E-state index contributed by atoms with van der Waals surface area (Å²) in [6, 6.07) is 0. The molecule has 0 aromatic carbocycles. The summed E-state index contributed by atoms with van der Waals surface area (Å²) < 4.78 is 0. The summed E-state index contributed by atoms with van der Waals surface area (Å²) in [7, 11) is 0. The number of hydrogen-bond acceptors (Lipinski definition) is 1. The van der Waals surface area contributed by atoms with Crippen LogP contribution in [0.4, 0.5) is 0 Å². The maximum Gasteiger partial charge on any atom is 0.225 e. The van der Waals surface area contributed by atoms with E-state index in [1.807, 2.05) is 13.2 Å². The Hall–Kier alpha value is -0.590. The molecule has 0 saturated carbocycles. The minimum absolute atomic E-state index is 1.06. The molecule has 0 rings (SSSR count). The lowest BCUT2D eigenvalue weighted by molar-refractivity contribution is 0.563. The van der Waals surface area contributed by atoms with Crippen molar-refractivity contribution in [3.63, 3.8) is 0 Å².